The number of nitrogens with two attached hydrogens (primary N) is 1. The average molecular weight is 390 g/mol. The Morgan fingerprint density at radius 2 is 2.04 bits per heavy atom. The first kappa shape index (κ1) is 18.5. The molecule has 3 rings (SSSR count). The van der Waals surface area contributed by atoms with Crippen molar-refractivity contribution in [3.05, 3.63) is 39.0 Å². The van der Waals surface area contributed by atoms with Crippen LogP contribution < -0.4 is 32.4 Å². The fourth-order valence-electron chi connectivity index (χ4n) is 2.44. The van der Waals surface area contributed by atoms with Crippen LogP contribution in [-0.2, 0) is 18.9 Å². The lowest BCUT2D eigenvalue weighted by Gasteiger charge is -2.12. The zero-order chi connectivity index (χ0) is 19.7. The van der Waals surface area contributed by atoms with Crippen molar-refractivity contribution in [3.8, 4) is 5.75 Å². The average Bonchev–Trinajstić information content (AvgIpc) is 3.05. The SMILES string of the molecule is COc1ccc2nc(NC(=O)CNc3c(N)n(C)c(=O)n(C)c3=O)sc2c1. The number of fused-ring (bicyclic) bond motifs is 1. The van der Waals surface area contributed by atoms with Gasteiger partial charge in [0.2, 0.25) is 5.91 Å². The normalized spacial score (nSPS) is 10.8. The number of amides is 1. The summed E-state index contributed by atoms with van der Waals surface area (Å²) in [4.78, 5) is 40.5. The van der Waals surface area contributed by atoms with E-state index in [0.717, 1.165) is 19.4 Å². The van der Waals surface area contributed by atoms with Gasteiger partial charge in [-0.1, -0.05) is 11.3 Å². The van der Waals surface area contributed by atoms with Gasteiger partial charge in [-0.15, -0.1) is 0 Å². The van der Waals surface area contributed by atoms with Crippen LogP contribution in [0.2, 0.25) is 0 Å². The van der Waals surface area contributed by atoms with Crippen LogP contribution in [0.25, 0.3) is 10.2 Å². The number of anilines is 3. The third kappa shape index (κ3) is 3.49. The van der Waals surface area contributed by atoms with Crippen LogP contribution in [0.3, 0.4) is 0 Å². The number of hydrogen-bond acceptors (Lipinski definition) is 8. The van der Waals surface area contributed by atoms with Gasteiger partial charge in [0.25, 0.3) is 5.56 Å². The minimum absolute atomic E-state index is 0.0104. The Hall–Kier alpha value is -3.34. The van der Waals surface area contributed by atoms with Crippen LogP contribution in [0, 0.1) is 0 Å². The van der Waals surface area contributed by atoms with Crippen LogP contribution >= 0.6 is 11.3 Å². The molecule has 0 aliphatic heterocycles. The van der Waals surface area contributed by atoms with E-state index in [2.05, 4.69) is 15.6 Å². The maximum Gasteiger partial charge on any atom is 0.332 e. The number of nitrogens with one attached hydrogen (secondary N) is 2. The zero-order valence-electron chi connectivity index (χ0n) is 14.9. The molecule has 0 bridgehead atoms. The number of aromatic nitrogens is 3. The number of methoxy groups -OCH3 is 1. The van der Waals surface area contributed by atoms with Gasteiger partial charge in [-0.2, -0.15) is 0 Å². The zero-order valence-corrected chi connectivity index (χ0v) is 15.7. The molecule has 0 fully saturated rings. The largest absolute Gasteiger partial charge is 0.497 e. The summed E-state index contributed by atoms with van der Waals surface area (Å²) in [7, 11) is 4.36. The van der Waals surface area contributed by atoms with Gasteiger partial charge in [-0.3, -0.25) is 18.7 Å². The maximum absolute atomic E-state index is 12.2. The standard InChI is InChI=1S/C16H18N6O4S/c1-21-13(17)12(14(24)22(2)16(21)25)18-7-11(23)20-15-19-9-5-4-8(26-3)6-10(9)27-15/h4-6,18H,7,17H2,1-3H3,(H,19,20,23). The molecule has 142 valence electrons. The van der Waals surface area contributed by atoms with Crippen molar-refractivity contribution in [2.45, 2.75) is 0 Å². The molecular formula is C16H18N6O4S. The number of carbonyl (C=O) groups excluding carboxylic acids is 1. The van der Waals surface area contributed by atoms with E-state index in [9.17, 15) is 14.4 Å². The molecule has 0 radical (unpaired) electrons. The molecule has 0 aliphatic carbocycles. The lowest BCUT2D eigenvalue weighted by molar-refractivity contribution is -0.114. The molecular weight excluding hydrogens is 372 g/mol. The third-order valence-electron chi connectivity index (χ3n) is 3.98. The third-order valence-corrected chi connectivity index (χ3v) is 4.91. The van der Waals surface area contributed by atoms with Crippen molar-refractivity contribution in [1.82, 2.24) is 14.1 Å². The van der Waals surface area contributed by atoms with Crippen molar-refractivity contribution in [2.24, 2.45) is 14.1 Å². The molecule has 27 heavy (non-hydrogen) atoms. The van der Waals surface area contributed by atoms with Crippen LogP contribution in [0.15, 0.2) is 27.8 Å². The van der Waals surface area contributed by atoms with Gasteiger partial charge in [0.1, 0.15) is 17.3 Å². The number of hydrogen-bond donors (Lipinski definition) is 3. The van der Waals surface area contributed by atoms with E-state index in [0.29, 0.717) is 10.9 Å². The second-order valence-electron chi connectivity index (χ2n) is 5.72. The number of ether oxygens (including phenoxy) is 1. The molecule has 0 aliphatic rings. The smallest absolute Gasteiger partial charge is 0.332 e. The second-order valence-corrected chi connectivity index (χ2v) is 6.75. The van der Waals surface area contributed by atoms with E-state index in [4.69, 9.17) is 10.5 Å². The molecule has 1 amide bonds. The Kier molecular flexibility index (Phi) is 4.86. The molecule has 0 unspecified atom stereocenters. The minimum Gasteiger partial charge on any atom is -0.497 e. The molecule has 0 spiro atoms. The van der Waals surface area contributed by atoms with Gasteiger partial charge in [-0.05, 0) is 18.2 Å². The summed E-state index contributed by atoms with van der Waals surface area (Å²) >= 11 is 1.30. The van der Waals surface area contributed by atoms with Crippen LogP contribution in [-0.4, -0.2) is 33.7 Å². The Labute approximate surface area is 157 Å². The fraction of sp³-hybridized carbons (Fsp3) is 0.250. The first-order chi connectivity index (χ1) is 12.8. The summed E-state index contributed by atoms with van der Waals surface area (Å²) in [6.07, 6.45) is 0. The van der Waals surface area contributed by atoms with Gasteiger partial charge in [0, 0.05) is 14.1 Å². The summed E-state index contributed by atoms with van der Waals surface area (Å²) in [5.41, 5.74) is 5.38. The number of rotatable bonds is 5. The first-order valence-corrected chi connectivity index (χ1v) is 8.67. The van der Waals surface area contributed by atoms with E-state index in [1.807, 2.05) is 6.07 Å². The van der Waals surface area contributed by atoms with E-state index in [-0.39, 0.29) is 18.1 Å². The lowest BCUT2D eigenvalue weighted by Crippen LogP contribution is -2.40. The molecule has 2 heterocycles. The second kappa shape index (κ2) is 7.11. The van der Waals surface area contributed by atoms with Gasteiger partial charge in [-0.25, -0.2) is 9.78 Å². The van der Waals surface area contributed by atoms with Gasteiger partial charge in [0.15, 0.2) is 5.13 Å². The van der Waals surface area contributed by atoms with E-state index in [1.54, 1.807) is 19.2 Å². The molecule has 0 atom stereocenters. The van der Waals surface area contributed by atoms with Crippen molar-refractivity contribution in [2.75, 3.05) is 30.0 Å². The van der Waals surface area contributed by atoms with Crippen molar-refractivity contribution < 1.29 is 9.53 Å². The number of thiazole rings is 1. The summed E-state index contributed by atoms with van der Waals surface area (Å²) in [5.74, 6) is 0.256. The highest BCUT2D eigenvalue weighted by atomic mass is 32.1. The van der Waals surface area contributed by atoms with Crippen LogP contribution in [0.4, 0.5) is 16.6 Å². The number of nitrogen functional groups attached to an aromatic ring is 1. The van der Waals surface area contributed by atoms with Crippen LogP contribution in [0.5, 0.6) is 5.75 Å². The highest BCUT2D eigenvalue weighted by Gasteiger charge is 2.15. The molecule has 4 N–H and O–H groups in total. The molecule has 0 saturated carbocycles. The summed E-state index contributed by atoms with van der Waals surface area (Å²) in [6.45, 7) is -0.211. The van der Waals surface area contributed by atoms with E-state index >= 15 is 0 Å². The highest BCUT2D eigenvalue weighted by Crippen LogP contribution is 2.29. The lowest BCUT2D eigenvalue weighted by atomic mass is 10.3. The number of benzene rings is 1. The molecule has 10 nitrogen and oxygen atoms in total. The van der Waals surface area contributed by atoms with Crippen molar-refractivity contribution in [3.63, 3.8) is 0 Å². The van der Waals surface area contributed by atoms with E-state index < -0.39 is 17.2 Å². The Bertz CT molecular complexity index is 1150. The molecule has 11 heteroatoms. The monoisotopic (exact) mass is 390 g/mol. The number of carbonyl (C=O) groups is 1. The van der Waals surface area contributed by atoms with Gasteiger partial charge in [0.05, 0.1) is 23.9 Å². The summed E-state index contributed by atoms with van der Waals surface area (Å²) in [6, 6.07) is 5.41. The molecule has 2 aromatic heterocycles. The predicted molar refractivity (Wildman–Crippen MR) is 105 cm³/mol. The fourth-order valence-corrected chi connectivity index (χ4v) is 3.35. The Morgan fingerprint density at radius 3 is 2.74 bits per heavy atom. The summed E-state index contributed by atoms with van der Waals surface area (Å²) in [5, 5.41) is 5.78. The molecule has 1 aromatic carbocycles. The Balaban J connectivity index is 1.74. The quantitative estimate of drug-likeness (QED) is 0.572. The predicted octanol–water partition coefficient (Wildman–Crippen LogP) is 0.335. The van der Waals surface area contributed by atoms with Crippen LogP contribution in [0.1, 0.15) is 0 Å². The van der Waals surface area contributed by atoms with Gasteiger partial charge < -0.3 is 21.1 Å². The Morgan fingerprint density at radius 1 is 1.30 bits per heavy atom. The first-order valence-electron chi connectivity index (χ1n) is 7.85. The molecule has 3 aromatic rings. The minimum atomic E-state index is -0.601. The van der Waals surface area contributed by atoms with Gasteiger partial charge >= 0.3 is 5.69 Å². The van der Waals surface area contributed by atoms with E-state index in [1.165, 1.54) is 25.4 Å². The number of nitrogens with zero attached hydrogens (tertiary/aromatic N) is 3. The topological polar surface area (TPSA) is 133 Å². The van der Waals surface area contributed by atoms with Crippen molar-refractivity contribution >= 4 is 44.1 Å². The van der Waals surface area contributed by atoms with Crippen molar-refractivity contribution in [1.29, 1.82) is 0 Å². The maximum atomic E-state index is 12.2. The summed E-state index contributed by atoms with van der Waals surface area (Å²) < 4.78 is 8.08. The molecule has 0 saturated heterocycles. The highest BCUT2D eigenvalue weighted by molar-refractivity contribution is 7.22.